The first-order chi connectivity index (χ1) is 14.5. The fourth-order valence-corrected chi connectivity index (χ4v) is 4.29. The maximum absolute atomic E-state index is 12.9. The Morgan fingerprint density at radius 1 is 1.27 bits per heavy atom. The zero-order valence-electron chi connectivity index (χ0n) is 16.3. The highest BCUT2D eigenvalue weighted by molar-refractivity contribution is 7.71. The second kappa shape index (κ2) is 8.90. The largest absolute Gasteiger partial charge is 0.378 e. The number of aromatic nitrogens is 3. The molecule has 1 saturated heterocycles. The Bertz CT molecular complexity index is 1100. The van der Waals surface area contributed by atoms with Gasteiger partial charge in [0, 0.05) is 24.3 Å². The Morgan fingerprint density at radius 3 is 2.80 bits per heavy atom. The van der Waals surface area contributed by atoms with Crippen LogP contribution in [0.5, 0.6) is 0 Å². The first-order valence-electron chi connectivity index (χ1n) is 9.53. The van der Waals surface area contributed by atoms with Gasteiger partial charge in [-0.05, 0) is 48.8 Å². The van der Waals surface area contributed by atoms with Crippen molar-refractivity contribution in [1.29, 1.82) is 0 Å². The van der Waals surface area contributed by atoms with Crippen LogP contribution < -0.4 is 5.32 Å². The summed E-state index contributed by atoms with van der Waals surface area (Å²) in [6.07, 6.45) is 0. The van der Waals surface area contributed by atoms with Crippen molar-refractivity contribution >= 4 is 41.1 Å². The van der Waals surface area contributed by atoms with Gasteiger partial charge in [-0.3, -0.25) is 19.3 Å². The number of carbonyl (C=O) groups excluding carboxylic acids is 2. The van der Waals surface area contributed by atoms with E-state index < -0.39 is 6.04 Å². The number of H-pyrrole nitrogens is 1. The summed E-state index contributed by atoms with van der Waals surface area (Å²) in [5.74, 6) is 0.301. The Kier molecular flexibility index (Phi) is 6.07. The number of carbonyl (C=O) groups is 2. The number of hydrogen-bond acceptors (Lipinski definition) is 6. The average Bonchev–Trinajstić information content (AvgIpc) is 3.43. The molecule has 1 aliphatic rings. The van der Waals surface area contributed by atoms with E-state index in [1.165, 1.54) is 11.3 Å². The number of nitrogens with one attached hydrogen (secondary N) is 2. The first kappa shape index (κ1) is 20.5. The number of nitrogens with zero attached hydrogens (tertiary/aromatic N) is 3. The number of thiophene rings is 1. The molecule has 0 spiro atoms. The Labute approximate surface area is 182 Å². The van der Waals surface area contributed by atoms with Gasteiger partial charge >= 0.3 is 0 Å². The van der Waals surface area contributed by atoms with Crippen LogP contribution in [0.15, 0.2) is 41.8 Å². The lowest BCUT2D eigenvalue weighted by atomic mass is 10.1. The number of rotatable bonds is 5. The molecule has 3 aromatic rings. The Hall–Kier alpha value is -2.82. The summed E-state index contributed by atoms with van der Waals surface area (Å²) in [6.45, 7) is 3.98. The fraction of sp³-hybridized carbons (Fsp3) is 0.300. The van der Waals surface area contributed by atoms with Crippen molar-refractivity contribution in [2.45, 2.75) is 13.0 Å². The molecule has 1 fully saturated rings. The van der Waals surface area contributed by atoms with E-state index in [1.54, 1.807) is 40.7 Å². The highest BCUT2D eigenvalue weighted by Crippen LogP contribution is 2.26. The van der Waals surface area contributed by atoms with Crippen LogP contribution in [-0.2, 0) is 9.53 Å². The highest BCUT2D eigenvalue weighted by Gasteiger charge is 2.22. The van der Waals surface area contributed by atoms with E-state index in [2.05, 4.69) is 15.5 Å². The number of benzene rings is 1. The zero-order chi connectivity index (χ0) is 21.1. The Morgan fingerprint density at radius 2 is 2.07 bits per heavy atom. The van der Waals surface area contributed by atoms with Crippen molar-refractivity contribution in [3.63, 3.8) is 0 Å². The quantitative estimate of drug-likeness (QED) is 0.590. The van der Waals surface area contributed by atoms with E-state index in [9.17, 15) is 9.59 Å². The predicted octanol–water partition coefficient (Wildman–Crippen LogP) is 3.34. The molecule has 2 N–H and O–H groups in total. The summed E-state index contributed by atoms with van der Waals surface area (Å²) in [5.41, 5.74) is 1.08. The maximum Gasteiger partial charge on any atom is 0.254 e. The summed E-state index contributed by atoms with van der Waals surface area (Å²) in [4.78, 5) is 28.3. The molecular formula is C20H21N5O3S2. The standard InChI is InChI=1S/C20H21N5O3S2/c1-13(25-17(22-23-20(25)29)16-6-3-11-30-16)18(26)21-15-5-2-4-14(12-15)19(27)24-7-9-28-10-8-24/h2-6,11-13H,7-10H2,1H3,(H,21,26)(H,23,29). The van der Waals surface area contributed by atoms with E-state index in [-0.39, 0.29) is 11.8 Å². The summed E-state index contributed by atoms with van der Waals surface area (Å²) >= 11 is 6.87. The van der Waals surface area contributed by atoms with Gasteiger partial charge in [-0.1, -0.05) is 12.1 Å². The van der Waals surface area contributed by atoms with Crippen LogP contribution in [0.25, 0.3) is 10.7 Å². The van der Waals surface area contributed by atoms with Crippen molar-refractivity contribution in [2.24, 2.45) is 0 Å². The SMILES string of the molecule is CC(C(=O)Nc1cccc(C(=O)N2CCOCC2)c1)n1c(-c2cccs2)n[nH]c1=S. The molecule has 1 unspecified atom stereocenters. The highest BCUT2D eigenvalue weighted by atomic mass is 32.1. The number of anilines is 1. The minimum Gasteiger partial charge on any atom is -0.378 e. The number of aromatic amines is 1. The number of morpholine rings is 1. The van der Waals surface area contributed by atoms with Crippen LogP contribution in [0.1, 0.15) is 23.3 Å². The van der Waals surface area contributed by atoms with Crippen molar-refractivity contribution < 1.29 is 14.3 Å². The molecule has 1 aliphatic heterocycles. The molecule has 0 saturated carbocycles. The van der Waals surface area contributed by atoms with Crippen molar-refractivity contribution in [1.82, 2.24) is 19.7 Å². The van der Waals surface area contributed by atoms with Crippen LogP contribution in [0, 0.1) is 4.77 Å². The first-order valence-corrected chi connectivity index (χ1v) is 10.8. The van der Waals surface area contributed by atoms with Crippen molar-refractivity contribution in [3.8, 4) is 10.7 Å². The second-order valence-electron chi connectivity index (χ2n) is 6.85. The molecule has 3 heterocycles. The van der Waals surface area contributed by atoms with Gasteiger partial charge in [0.1, 0.15) is 6.04 Å². The van der Waals surface area contributed by atoms with Gasteiger partial charge in [0.25, 0.3) is 5.91 Å². The third kappa shape index (κ3) is 4.20. The molecule has 4 rings (SSSR count). The summed E-state index contributed by atoms with van der Waals surface area (Å²) in [5, 5.41) is 11.9. The third-order valence-corrected chi connectivity index (χ3v) is 6.04. The summed E-state index contributed by atoms with van der Waals surface area (Å²) in [6, 6.07) is 10.2. The molecule has 8 nitrogen and oxygen atoms in total. The normalized spacial score (nSPS) is 15.0. The second-order valence-corrected chi connectivity index (χ2v) is 8.18. The van der Waals surface area contributed by atoms with Gasteiger partial charge in [-0.25, -0.2) is 0 Å². The molecule has 1 atom stereocenters. The lowest BCUT2D eigenvalue weighted by molar-refractivity contribution is -0.118. The maximum atomic E-state index is 12.9. The topological polar surface area (TPSA) is 92.2 Å². The van der Waals surface area contributed by atoms with E-state index in [4.69, 9.17) is 17.0 Å². The molecule has 1 aromatic carbocycles. The minimum atomic E-state index is -0.591. The van der Waals surface area contributed by atoms with Crippen LogP contribution >= 0.6 is 23.6 Å². The molecule has 0 bridgehead atoms. The summed E-state index contributed by atoms with van der Waals surface area (Å²) in [7, 11) is 0. The average molecular weight is 444 g/mol. The lowest BCUT2D eigenvalue weighted by Crippen LogP contribution is -2.40. The molecule has 30 heavy (non-hydrogen) atoms. The number of amides is 2. The zero-order valence-corrected chi connectivity index (χ0v) is 18.0. The lowest BCUT2D eigenvalue weighted by Gasteiger charge is -2.27. The van der Waals surface area contributed by atoms with Gasteiger partial charge in [-0.15, -0.1) is 11.3 Å². The van der Waals surface area contributed by atoms with E-state index >= 15 is 0 Å². The Balaban J connectivity index is 1.51. The van der Waals surface area contributed by atoms with E-state index in [0.29, 0.717) is 48.1 Å². The summed E-state index contributed by atoms with van der Waals surface area (Å²) < 4.78 is 7.37. The van der Waals surface area contributed by atoms with Gasteiger partial charge in [0.2, 0.25) is 5.91 Å². The van der Waals surface area contributed by atoms with Gasteiger partial charge in [0.05, 0.1) is 18.1 Å². The monoisotopic (exact) mass is 443 g/mol. The number of ether oxygens (including phenoxy) is 1. The molecule has 0 aliphatic carbocycles. The van der Waals surface area contributed by atoms with Crippen molar-refractivity contribution in [3.05, 3.63) is 52.1 Å². The van der Waals surface area contributed by atoms with Crippen LogP contribution in [-0.4, -0.2) is 57.8 Å². The van der Waals surface area contributed by atoms with Crippen LogP contribution in [0.4, 0.5) is 5.69 Å². The van der Waals surface area contributed by atoms with E-state index in [1.807, 2.05) is 17.5 Å². The van der Waals surface area contributed by atoms with Crippen LogP contribution in [0.2, 0.25) is 0 Å². The van der Waals surface area contributed by atoms with Gasteiger partial charge < -0.3 is 15.0 Å². The molecular weight excluding hydrogens is 422 g/mol. The number of hydrogen-bond donors (Lipinski definition) is 2. The molecule has 2 aromatic heterocycles. The van der Waals surface area contributed by atoms with Crippen molar-refractivity contribution in [2.75, 3.05) is 31.6 Å². The predicted molar refractivity (Wildman–Crippen MR) is 117 cm³/mol. The van der Waals surface area contributed by atoms with Crippen LogP contribution in [0.3, 0.4) is 0 Å². The molecule has 2 amide bonds. The molecule has 156 valence electrons. The van der Waals surface area contributed by atoms with Gasteiger partial charge in [0.15, 0.2) is 10.6 Å². The molecule has 10 heteroatoms. The third-order valence-electron chi connectivity index (χ3n) is 4.89. The fourth-order valence-electron chi connectivity index (χ4n) is 3.29. The molecule has 0 radical (unpaired) electrons. The smallest absolute Gasteiger partial charge is 0.254 e. The van der Waals surface area contributed by atoms with Gasteiger partial charge in [-0.2, -0.15) is 5.10 Å². The van der Waals surface area contributed by atoms with E-state index in [0.717, 1.165) is 4.88 Å². The minimum absolute atomic E-state index is 0.0699.